The van der Waals surface area contributed by atoms with Crippen molar-refractivity contribution in [1.82, 2.24) is 15.3 Å². The number of amides is 1. The van der Waals surface area contributed by atoms with Crippen LogP contribution in [0.2, 0.25) is 0 Å². The van der Waals surface area contributed by atoms with E-state index in [1.807, 2.05) is 65.7 Å². The van der Waals surface area contributed by atoms with E-state index >= 15 is 0 Å². The first kappa shape index (κ1) is 29.0. The summed E-state index contributed by atoms with van der Waals surface area (Å²) in [5.41, 5.74) is 5.80. The van der Waals surface area contributed by atoms with Gasteiger partial charge in [-0.2, -0.15) is 0 Å². The first-order valence-electron chi connectivity index (χ1n) is 14.5. The second kappa shape index (κ2) is 12.3. The molecule has 0 atom stereocenters. The normalized spacial score (nSPS) is 13.1. The predicted octanol–water partition coefficient (Wildman–Crippen LogP) is 6.58. The summed E-state index contributed by atoms with van der Waals surface area (Å²) in [6.45, 7) is 2.11. The van der Waals surface area contributed by atoms with Crippen LogP contribution in [0.4, 0.5) is 17.1 Å². The fourth-order valence-corrected chi connectivity index (χ4v) is 5.76. The Kier molecular flexibility index (Phi) is 7.79. The van der Waals surface area contributed by atoms with Gasteiger partial charge in [-0.25, -0.2) is 4.98 Å². The number of para-hydroxylation sites is 1. The standard InChI is InChI=1S/C34H26N6O5S/c41-32(25-19-23(40(42)43)11-12-29(25)39-14-16-44-17-15-39)38-34(46)36-22-10-13-30-28(18-22)37-33(45-30)31-24-8-4-5-9-27(24)35-20-26(31)21-6-2-1-3-7-21/h1-13,18-20H,14-17H2,(H2,36,38,41,46). The van der Waals surface area contributed by atoms with Crippen molar-refractivity contribution in [3.8, 4) is 22.6 Å². The summed E-state index contributed by atoms with van der Waals surface area (Å²) < 4.78 is 11.7. The maximum absolute atomic E-state index is 13.4. The van der Waals surface area contributed by atoms with Crippen molar-refractivity contribution in [2.24, 2.45) is 0 Å². The number of aromatic nitrogens is 2. The molecule has 1 aliphatic heterocycles. The van der Waals surface area contributed by atoms with Gasteiger partial charge in [-0.1, -0.05) is 48.5 Å². The van der Waals surface area contributed by atoms with E-state index in [1.165, 1.54) is 12.1 Å². The number of fused-ring (bicyclic) bond motifs is 2. The topological polar surface area (TPSA) is 136 Å². The average molecular weight is 631 g/mol. The first-order valence-corrected chi connectivity index (χ1v) is 14.9. The van der Waals surface area contributed by atoms with Crippen LogP contribution < -0.4 is 15.5 Å². The van der Waals surface area contributed by atoms with Gasteiger partial charge < -0.3 is 19.4 Å². The number of non-ortho nitro benzene ring substituents is 1. The lowest BCUT2D eigenvalue weighted by Crippen LogP contribution is -2.39. The third-order valence-electron chi connectivity index (χ3n) is 7.73. The molecular formula is C34H26N6O5S. The highest BCUT2D eigenvalue weighted by atomic mass is 32.1. The Bertz CT molecular complexity index is 2130. The summed E-state index contributed by atoms with van der Waals surface area (Å²) in [5, 5.41) is 18.1. The fourth-order valence-electron chi connectivity index (χ4n) is 5.55. The summed E-state index contributed by atoms with van der Waals surface area (Å²) in [7, 11) is 0. The van der Waals surface area contributed by atoms with Gasteiger partial charge in [0.2, 0.25) is 5.89 Å². The number of rotatable bonds is 6. The first-order chi connectivity index (χ1) is 22.4. The van der Waals surface area contributed by atoms with Crippen molar-refractivity contribution in [3.05, 3.63) is 113 Å². The molecule has 1 saturated heterocycles. The monoisotopic (exact) mass is 630 g/mol. The number of anilines is 2. The summed E-state index contributed by atoms with van der Waals surface area (Å²) in [6.07, 6.45) is 1.84. The van der Waals surface area contributed by atoms with Crippen LogP contribution in [0.3, 0.4) is 0 Å². The molecule has 0 saturated carbocycles. The molecule has 11 nitrogen and oxygen atoms in total. The number of carbonyl (C=O) groups excluding carboxylic acids is 1. The molecule has 2 aromatic heterocycles. The van der Waals surface area contributed by atoms with E-state index in [-0.39, 0.29) is 16.4 Å². The van der Waals surface area contributed by atoms with Gasteiger partial charge in [0.15, 0.2) is 10.7 Å². The quantitative estimate of drug-likeness (QED) is 0.118. The van der Waals surface area contributed by atoms with E-state index in [4.69, 9.17) is 26.4 Å². The SMILES string of the molecule is O=C(NC(=S)Nc1ccc2oc(-c3c(-c4ccccc4)cnc4ccccc34)nc2c1)c1cc([N+](=O)[O-])ccc1N1CCOCC1. The molecule has 2 N–H and O–H groups in total. The zero-order chi connectivity index (χ0) is 31.6. The minimum absolute atomic E-state index is 0.0268. The molecule has 46 heavy (non-hydrogen) atoms. The van der Waals surface area contributed by atoms with Gasteiger partial charge in [0.05, 0.1) is 40.5 Å². The number of ether oxygens (including phenoxy) is 1. The molecule has 1 aliphatic rings. The fraction of sp³-hybridized carbons (Fsp3) is 0.118. The predicted molar refractivity (Wildman–Crippen MR) is 180 cm³/mol. The lowest BCUT2D eigenvalue weighted by molar-refractivity contribution is -0.384. The molecule has 1 amide bonds. The lowest BCUT2D eigenvalue weighted by atomic mass is 9.98. The van der Waals surface area contributed by atoms with Crippen molar-refractivity contribution < 1.29 is 18.9 Å². The third-order valence-corrected chi connectivity index (χ3v) is 7.94. The molecule has 0 radical (unpaired) electrons. The number of morpholine rings is 1. The van der Waals surface area contributed by atoms with Gasteiger partial charge >= 0.3 is 0 Å². The van der Waals surface area contributed by atoms with Crippen molar-refractivity contribution in [2.45, 2.75) is 0 Å². The molecule has 6 aromatic rings. The van der Waals surface area contributed by atoms with E-state index in [0.29, 0.717) is 54.7 Å². The highest BCUT2D eigenvalue weighted by Crippen LogP contribution is 2.38. The highest BCUT2D eigenvalue weighted by Gasteiger charge is 2.23. The number of nitrogens with one attached hydrogen (secondary N) is 2. The summed E-state index contributed by atoms with van der Waals surface area (Å²) >= 11 is 5.46. The van der Waals surface area contributed by atoms with Crippen LogP contribution in [-0.2, 0) is 4.74 Å². The number of nitro benzene ring substituents is 1. The van der Waals surface area contributed by atoms with Gasteiger partial charge in [0, 0.05) is 48.1 Å². The lowest BCUT2D eigenvalue weighted by Gasteiger charge is -2.30. The van der Waals surface area contributed by atoms with E-state index in [0.717, 1.165) is 27.6 Å². The Morgan fingerprint density at radius 3 is 2.52 bits per heavy atom. The van der Waals surface area contributed by atoms with Crippen molar-refractivity contribution >= 4 is 62.3 Å². The maximum Gasteiger partial charge on any atom is 0.270 e. The highest BCUT2D eigenvalue weighted by molar-refractivity contribution is 7.80. The van der Waals surface area contributed by atoms with Gasteiger partial charge in [0.25, 0.3) is 11.6 Å². The van der Waals surface area contributed by atoms with Crippen molar-refractivity contribution in [1.29, 1.82) is 0 Å². The third kappa shape index (κ3) is 5.74. The van der Waals surface area contributed by atoms with E-state index in [9.17, 15) is 14.9 Å². The summed E-state index contributed by atoms with van der Waals surface area (Å²) in [6, 6.07) is 27.4. The largest absolute Gasteiger partial charge is 0.436 e. The second-order valence-corrected chi connectivity index (χ2v) is 11.0. The minimum atomic E-state index is -0.564. The molecule has 228 valence electrons. The van der Waals surface area contributed by atoms with Gasteiger partial charge in [0.1, 0.15) is 5.52 Å². The molecule has 7 rings (SSSR count). The van der Waals surface area contributed by atoms with E-state index < -0.39 is 10.8 Å². The number of oxazole rings is 1. The number of hydrogen-bond acceptors (Lipinski definition) is 9. The average Bonchev–Trinajstić information content (AvgIpc) is 3.51. The Balaban J connectivity index is 1.16. The Morgan fingerprint density at radius 2 is 1.72 bits per heavy atom. The zero-order valence-electron chi connectivity index (χ0n) is 24.3. The molecule has 4 aromatic carbocycles. The van der Waals surface area contributed by atoms with Gasteiger partial charge in [-0.05, 0) is 48.1 Å². The van der Waals surface area contributed by atoms with Crippen LogP contribution >= 0.6 is 12.2 Å². The molecule has 0 spiro atoms. The Labute approximate surface area is 268 Å². The maximum atomic E-state index is 13.4. The van der Waals surface area contributed by atoms with Crippen LogP contribution in [-0.4, -0.2) is 52.2 Å². The van der Waals surface area contributed by atoms with Crippen LogP contribution in [0.25, 0.3) is 44.6 Å². The molecule has 12 heteroatoms. The molecule has 0 aliphatic carbocycles. The van der Waals surface area contributed by atoms with Crippen LogP contribution in [0.1, 0.15) is 10.4 Å². The molecule has 3 heterocycles. The van der Waals surface area contributed by atoms with Crippen LogP contribution in [0, 0.1) is 10.1 Å². The van der Waals surface area contributed by atoms with Crippen molar-refractivity contribution in [2.75, 3.05) is 36.5 Å². The number of nitro groups is 1. The van der Waals surface area contributed by atoms with Gasteiger partial charge in [-0.3, -0.25) is 25.2 Å². The Hall–Kier alpha value is -5.72. The van der Waals surface area contributed by atoms with Crippen LogP contribution in [0.15, 0.2) is 102 Å². The number of pyridine rings is 1. The summed E-state index contributed by atoms with van der Waals surface area (Å²) in [5.74, 6) is -0.118. The summed E-state index contributed by atoms with van der Waals surface area (Å²) in [4.78, 5) is 35.8. The van der Waals surface area contributed by atoms with Gasteiger partial charge in [-0.15, -0.1) is 0 Å². The smallest absolute Gasteiger partial charge is 0.270 e. The van der Waals surface area contributed by atoms with Crippen LogP contribution in [0.5, 0.6) is 0 Å². The van der Waals surface area contributed by atoms with E-state index in [2.05, 4.69) is 15.6 Å². The zero-order valence-corrected chi connectivity index (χ0v) is 25.1. The van der Waals surface area contributed by atoms with E-state index in [1.54, 1.807) is 24.3 Å². The molecule has 1 fully saturated rings. The Morgan fingerprint density at radius 1 is 0.935 bits per heavy atom. The molecule has 0 unspecified atom stereocenters. The number of hydrogen-bond donors (Lipinski definition) is 2. The number of nitrogens with zero attached hydrogens (tertiary/aromatic N) is 4. The van der Waals surface area contributed by atoms with Crippen molar-refractivity contribution in [3.63, 3.8) is 0 Å². The number of carbonyl (C=O) groups is 1. The number of benzene rings is 4. The molecule has 0 bridgehead atoms. The second-order valence-electron chi connectivity index (χ2n) is 10.6. The number of thiocarbonyl (C=S) groups is 1. The minimum Gasteiger partial charge on any atom is -0.436 e. The molecular weight excluding hydrogens is 604 g/mol.